The molecule has 0 aromatic heterocycles. The Morgan fingerprint density at radius 2 is 1.84 bits per heavy atom. The lowest BCUT2D eigenvalue weighted by molar-refractivity contribution is -0.139. The monoisotopic (exact) mass is 483 g/mol. The number of carbonyl (C=O) groups is 1. The summed E-state index contributed by atoms with van der Waals surface area (Å²) in [6.45, 7) is 5.67. The number of halogens is 2. The molecule has 1 saturated heterocycles. The highest BCUT2D eigenvalue weighted by atomic mass is 35.5. The van der Waals surface area contributed by atoms with Crippen LogP contribution in [0.25, 0.3) is 0 Å². The Labute approximate surface area is 193 Å². The molecule has 1 heterocycles. The van der Waals surface area contributed by atoms with Crippen molar-refractivity contribution in [3.63, 3.8) is 0 Å². The van der Waals surface area contributed by atoms with Gasteiger partial charge in [-0.3, -0.25) is 14.4 Å². The Morgan fingerprint density at radius 3 is 2.50 bits per heavy atom. The SMILES string of the molecule is C[C@@H]1CN(C(=O)COc2ccc(Cl)cc2NS(C)(=O)=O)[C@@H](C)CN1Cc1ccc(F)cc1. The van der Waals surface area contributed by atoms with Gasteiger partial charge in [0, 0.05) is 36.7 Å². The fourth-order valence-electron chi connectivity index (χ4n) is 3.72. The van der Waals surface area contributed by atoms with E-state index in [1.54, 1.807) is 23.1 Å². The molecule has 2 aromatic rings. The lowest BCUT2D eigenvalue weighted by Gasteiger charge is -2.44. The topological polar surface area (TPSA) is 79.0 Å². The number of rotatable bonds is 7. The lowest BCUT2D eigenvalue weighted by atomic mass is 10.1. The van der Waals surface area contributed by atoms with Gasteiger partial charge in [-0.25, -0.2) is 12.8 Å². The molecule has 1 N–H and O–H groups in total. The maximum Gasteiger partial charge on any atom is 0.260 e. The number of nitrogens with zero attached hydrogens (tertiary/aromatic N) is 2. The van der Waals surface area contributed by atoms with E-state index in [1.807, 2.05) is 13.8 Å². The van der Waals surface area contributed by atoms with Crippen molar-refractivity contribution in [1.29, 1.82) is 0 Å². The normalized spacial score (nSPS) is 19.6. The van der Waals surface area contributed by atoms with Crippen LogP contribution in [0.2, 0.25) is 5.02 Å². The number of carbonyl (C=O) groups excluding carboxylic acids is 1. The molecule has 0 bridgehead atoms. The van der Waals surface area contributed by atoms with E-state index in [2.05, 4.69) is 9.62 Å². The molecule has 174 valence electrons. The minimum Gasteiger partial charge on any atom is -0.482 e. The van der Waals surface area contributed by atoms with Gasteiger partial charge in [-0.05, 0) is 49.7 Å². The van der Waals surface area contributed by atoms with E-state index in [4.69, 9.17) is 16.3 Å². The summed E-state index contributed by atoms with van der Waals surface area (Å²) >= 11 is 5.96. The zero-order chi connectivity index (χ0) is 23.5. The minimum atomic E-state index is -3.54. The summed E-state index contributed by atoms with van der Waals surface area (Å²) in [6.07, 6.45) is 1.03. The van der Waals surface area contributed by atoms with Crippen LogP contribution in [0.1, 0.15) is 19.4 Å². The van der Waals surface area contributed by atoms with Crippen LogP contribution in [0.3, 0.4) is 0 Å². The number of nitrogens with one attached hydrogen (secondary N) is 1. The first-order chi connectivity index (χ1) is 15.0. The molecule has 10 heteroatoms. The van der Waals surface area contributed by atoms with Crippen LogP contribution in [0.4, 0.5) is 10.1 Å². The fourth-order valence-corrected chi connectivity index (χ4v) is 4.45. The van der Waals surface area contributed by atoms with Gasteiger partial charge in [0.15, 0.2) is 6.61 Å². The highest BCUT2D eigenvalue weighted by molar-refractivity contribution is 7.92. The number of amides is 1. The zero-order valence-electron chi connectivity index (χ0n) is 18.2. The van der Waals surface area contributed by atoms with Crippen molar-refractivity contribution in [1.82, 2.24) is 9.80 Å². The molecular weight excluding hydrogens is 457 g/mol. The van der Waals surface area contributed by atoms with Crippen LogP contribution in [0, 0.1) is 5.82 Å². The molecule has 0 aliphatic carbocycles. The summed E-state index contributed by atoms with van der Waals surface area (Å²) in [6, 6.07) is 11.0. The molecular formula is C22H27ClFN3O4S. The third kappa shape index (κ3) is 6.57. The van der Waals surface area contributed by atoms with Gasteiger partial charge in [0.1, 0.15) is 11.6 Å². The Hall–Kier alpha value is -2.36. The molecule has 0 saturated carbocycles. The van der Waals surface area contributed by atoms with Gasteiger partial charge < -0.3 is 9.64 Å². The average molecular weight is 484 g/mol. The predicted octanol–water partition coefficient (Wildman–Crippen LogP) is 3.35. The van der Waals surface area contributed by atoms with Crippen molar-refractivity contribution in [2.75, 3.05) is 30.7 Å². The van der Waals surface area contributed by atoms with E-state index < -0.39 is 10.0 Å². The zero-order valence-corrected chi connectivity index (χ0v) is 19.8. The first kappa shape index (κ1) is 24.3. The van der Waals surface area contributed by atoms with Crippen LogP contribution in [-0.4, -0.2) is 62.2 Å². The average Bonchev–Trinajstić information content (AvgIpc) is 2.70. The van der Waals surface area contributed by atoms with Crippen LogP contribution in [-0.2, 0) is 21.4 Å². The van der Waals surface area contributed by atoms with E-state index in [0.717, 1.165) is 11.8 Å². The predicted molar refractivity (Wildman–Crippen MR) is 123 cm³/mol. The highest BCUT2D eigenvalue weighted by Gasteiger charge is 2.32. The van der Waals surface area contributed by atoms with E-state index in [-0.39, 0.29) is 41.9 Å². The van der Waals surface area contributed by atoms with Gasteiger partial charge in [-0.15, -0.1) is 0 Å². The fraction of sp³-hybridized carbons (Fsp3) is 0.409. The number of sulfonamides is 1. The highest BCUT2D eigenvalue weighted by Crippen LogP contribution is 2.29. The number of hydrogen-bond donors (Lipinski definition) is 1. The third-order valence-electron chi connectivity index (χ3n) is 5.32. The van der Waals surface area contributed by atoms with Crippen molar-refractivity contribution in [2.24, 2.45) is 0 Å². The van der Waals surface area contributed by atoms with E-state index >= 15 is 0 Å². The van der Waals surface area contributed by atoms with Crippen LogP contribution in [0.5, 0.6) is 5.75 Å². The van der Waals surface area contributed by atoms with Gasteiger partial charge in [-0.1, -0.05) is 23.7 Å². The number of ether oxygens (including phenoxy) is 1. The third-order valence-corrected chi connectivity index (χ3v) is 6.15. The quantitative estimate of drug-likeness (QED) is 0.653. The Morgan fingerprint density at radius 1 is 1.16 bits per heavy atom. The summed E-state index contributed by atoms with van der Waals surface area (Å²) in [7, 11) is -3.54. The Kier molecular flexibility index (Phi) is 7.63. The molecule has 1 amide bonds. The second-order valence-corrected chi connectivity index (χ2v) is 10.3. The summed E-state index contributed by atoms with van der Waals surface area (Å²) in [4.78, 5) is 16.9. The van der Waals surface area contributed by atoms with Crippen molar-refractivity contribution in [3.8, 4) is 5.75 Å². The van der Waals surface area contributed by atoms with E-state index in [9.17, 15) is 17.6 Å². The van der Waals surface area contributed by atoms with Gasteiger partial charge in [-0.2, -0.15) is 0 Å². The van der Waals surface area contributed by atoms with E-state index in [1.165, 1.54) is 24.3 Å². The second kappa shape index (κ2) is 10.1. The van der Waals surface area contributed by atoms with Crippen LogP contribution >= 0.6 is 11.6 Å². The molecule has 1 fully saturated rings. The summed E-state index contributed by atoms with van der Waals surface area (Å²) in [5.74, 6) is -0.226. The molecule has 0 unspecified atom stereocenters. The Balaban J connectivity index is 1.61. The molecule has 0 radical (unpaired) electrons. The van der Waals surface area contributed by atoms with Crippen molar-refractivity contribution in [3.05, 3.63) is 58.9 Å². The van der Waals surface area contributed by atoms with Crippen molar-refractivity contribution in [2.45, 2.75) is 32.5 Å². The molecule has 7 nitrogen and oxygen atoms in total. The summed E-state index contributed by atoms with van der Waals surface area (Å²) in [5.41, 5.74) is 1.19. The smallest absolute Gasteiger partial charge is 0.260 e. The molecule has 0 spiro atoms. The number of benzene rings is 2. The number of anilines is 1. The molecule has 1 aliphatic rings. The molecule has 3 rings (SSSR count). The molecule has 32 heavy (non-hydrogen) atoms. The first-order valence-electron chi connectivity index (χ1n) is 10.2. The second-order valence-electron chi connectivity index (χ2n) is 8.10. The molecule has 2 aromatic carbocycles. The molecule has 2 atom stereocenters. The maximum absolute atomic E-state index is 13.2. The minimum absolute atomic E-state index is 0.0402. The van der Waals surface area contributed by atoms with Gasteiger partial charge >= 0.3 is 0 Å². The van der Waals surface area contributed by atoms with Crippen LogP contribution < -0.4 is 9.46 Å². The van der Waals surface area contributed by atoms with Crippen LogP contribution in [0.15, 0.2) is 42.5 Å². The van der Waals surface area contributed by atoms with Crippen molar-refractivity contribution < 1.29 is 22.3 Å². The standard InChI is InChI=1S/C22H27ClFN3O4S/c1-15-12-27(16(2)11-26(15)13-17-4-7-19(24)8-5-17)22(28)14-31-21-9-6-18(23)10-20(21)25-32(3,29)30/h4-10,15-16,25H,11-14H2,1-3H3/t15-,16+/m1/s1. The van der Waals surface area contributed by atoms with Gasteiger partial charge in [0.2, 0.25) is 10.0 Å². The largest absolute Gasteiger partial charge is 0.482 e. The van der Waals surface area contributed by atoms with Gasteiger partial charge in [0.25, 0.3) is 5.91 Å². The number of hydrogen-bond acceptors (Lipinski definition) is 5. The molecule has 1 aliphatic heterocycles. The summed E-state index contributed by atoms with van der Waals surface area (Å²) in [5, 5.41) is 0.342. The first-order valence-corrected chi connectivity index (χ1v) is 12.5. The summed E-state index contributed by atoms with van der Waals surface area (Å²) < 4.78 is 44.3. The number of piperazine rings is 1. The van der Waals surface area contributed by atoms with Crippen molar-refractivity contribution >= 4 is 33.2 Å². The maximum atomic E-state index is 13.2. The Bertz CT molecular complexity index is 1070. The van der Waals surface area contributed by atoms with Gasteiger partial charge in [0.05, 0.1) is 11.9 Å². The van der Waals surface area contributed by atoms with E-state index in [0.29, 0.717) is 24.7 Å². The lowest BCUT2D eigenvalue weighted by Crippen LogP contribution is -2.58.